The second kappa shape index (κ2) is 6.41. The molecule has 0 radical (unpaired) electrons. The molecule has 1 aromatic heterocycles. The number of aliphatic hydroxyl groups is 1. The Morgan fingerprint density at radius 2 is 2.05 bits per heavy atom. The zero-order valence-electron chi connectivity index (χ0n) is 11.7. The molecule has 1 atom stereocenters. The minimum absolute atomic E-state index is 0.00601. The van der Waals surface area contributed by atoms with Crippen LogP contribution in [-0.2, 0) is 16.0 Å². The van der Waals surface area contributed by atoms with Crippen molar-refractivity contribution >= 4 is 22.8 Å². The second-order valence-corrected chi connectivity index (χ2v) is 4.94. The summed E-state index contributed by atoms with van der Waals surface area (Å²) in [6.45, 7) is 2.05. The van der Waals surface area contributed by atoms with Crippen molar-refractivity contribution in [2.24, 2.45) is 0 Å². The minimum atomic E-state index is -1.44. The van der Waals surface area contributed by atoms with E-state index in [2.05, 4.69) is 10.3 Å². The topological polar surface area (TPSA) is 102 Å². The van der Waals surface area contributed by atoms with Crippen molar-refractivity contribution in [3.05, 3.63) is 35.5 Å². The van der Waals surface area contributed by atoms with Gasteiger partial charge in [0.1, 0.15) is 0 Å². The van der Waals surface area contributed by atoms with E-state index in [0.29, 0.717) is 0 Å². The van der Waals surface area contributed by atoms with E-state index < -0.39 is 12.1 Å². The maximum Gasteiger partial charge on any atom is 0.332 e. The number of aliphatic hydroxyl groups excluding tert-OH is 1. The van der Waals surface area contributed by atoms with Crippen LogP contribution in [0.3, 0.4) is 0 Å². The Bertz CT molecular complexity index is 663. The number of aryl methyl sites for hydroxylation is 1. The molecule has 4 N–H and O–H groups in total. The molecule has 0 aliphatic heterocycles. The third-order valence-electron chi connectivity index (χ3n) is 3.39. The molecule has 6 nitrogen and oxygen atoms in total. The Balaban J connectivity index is 1.96. The first-order valence-electron chi connectivity index (χ1n) is 6.72. The molecular formula is C15H18N2O4. The number of aromatic amines is 1. The molecule has 0 spiro atoms. The number of aliphatic carboxylic acids is 1. The van der Waals surface area contributed by atoms with Crippen LogP contribution < -0.4 is 5.32 Å². The number of nitrogens with one attached hydrogen (secondary N) is 2. The van der Waals surface area contributed by atoms with E-state index in [1.165, 1.54) is 0 Å². The number of benzene rings is 1. The van der Waals surface area contributed by atoms with E-state index in [-0.39, 0.29) is 25.3 Å². The highest BCUT2D eigenvalue weighted by Gasteiger charge is 2.14. The summed E-state index contributed by atoms with van der Waals surface area (Å²) in [6, 6.07) is 7.75. The number of carboxylic acid groups (broad SMARTS) is 1. The number of fused-ring (bicyclic) bond motifs is 1. The summed E-state index contributed by atoms with van der Waals surface area (Å²) in [5.74, 6) is -1.47. The van der Waals surface area contributed by atoms with Crippen LogP contribution in [0.2, 0.25) is 0 Å². The molecular weight excluding hydrogens is 272 g/mol. The number of amides is 1. The van der Waals surface area contributed by atoms with Crippen LogP contribution in [0.4, 0.5) is 0 Å². The Hall–Kier alpha value is -2.34. The molecule has 6 heteroatoms. The van der Waals surface area contributed by atoms with Gasteiger partial charge in [0.2, 0.25) is 5.91 Å². The number of para-hydroxylation sites is 1. The third-order valence-corrected chi connectivity index (χ3v) is 3.39. The van der Waals surface area contributed by atoms with Gasteiger partial charge in [-0.1, -0.05) is 18.2 Å². The molecule has 21 heavy (non-hydrogen) atoms. The van der Waals surface area contributed by atoms with Crippen LogP contribution in [0, 0.1) is 6.92 Å². The highest BCUT2D eigenvalue weighted by molar-refractivity contribution is 5.90. The summed E-state index contributed by atoms with van der Waals surface area (Å²) in [5.41, 5.74) is 2.86. The summed E-state index contributed by atoms with van der Waals surface area (Å²) in [5, 5.41) is 21.3. The number of aromatic nitrogens is 1. The highest BCUT2D eigenvalue weighted by Crippen LogP contribution is 2.22. The van der Waals surface area contributed by atoms with Crippen molar-refractivity contribution in [1.82, 2.24) is 10.3 Å². The molecule has 0 saturated heterocycles. The monoisotopic (exact) mass is 290 g/mol. The Morgan fingerprint density at radius 3 is 2.76 bits per heavy atom. The minimum Gasteiger partial charge on any atom is -0.479 e. The highest BCUT2D eigenvalue weighted by atomic mass is 16.4. The number of H-pyrrole nitrogens is 1. The fourth-order valence-electron chi connectivity index (χ4n) is 2.26. The molecule has 0 fully saturated rings. The van der Waals surface area contributed by atoms with Gasteiger partial charge in [-0.15, -0.1) is 0 Å². The fourth-order valence-corrected chi connectivity index (χ4v) is 2.26. The second-order valence-electron chi connectivity index (χ2n) is 4.94. The van der Waals surface area contributed by atoms with Crippen molar-refractivity contribution in [2.75, 3.05) is 6.54 Å². The lowest BCUT2D eigenvalue weighted by molar-refractivity contribution is -0.147. The lowest BCUT2D eigenvalue weighted by Crippen LogP contribution is -2.31. The Kier molecular flexibility index (Phi) is 4.59. The van der Waals surface area contributed by atoms with Gasteiger partial charge >= 0.3 is 5.97 Å². The van der Waals surface area contributed by atoms with Crippen LogP contribution in [-0.4, -0.2) is 39.7 Å². The predicted octanol–water partition coefficient (Wildman–Crippen LogP) is 0.971. The van der Waals surface area contributed by atoms with E-state index in [4.69, 9.17) is 10.2 Å². The maximum absolute atomic E-state index is 11.9. The molecule has 1 aromatic carbocycles. The lowest BCUT2D eigenvalue weighted by Gasteiger charge is -2.07. The number of hydrogen-bond donors (Lipinski definition) is 4. The molecule has 0 aliphatic rings. The Labute approximate surface area is 121 Å². The van der Waals surface area contributed by atoms with E-state index in [1.54, 1.807) is 0 Å². The smallest absolute Gasteiger partial charge is 0.332 e. The zero-order chi connectivity index (χ0) is 15.4. The van der Waals surface area contributed by atoms with Gasteiger partial charge in [0, 0.05) is 29.6 Å². The molecule has 0 aliphatic carbocycles. The zero-order valence-corrected chi connectivity index (χ0v) is 11.7. The molecule has 0 saturated carbocycles. The molecule has 2 aromatic rings. The van der Waals surface area contributed by atoms with Gasteiger partial charge in [0.25, 0.3) is 0 Å². The van der Waals surface area contributed by atoms with E-state index >= 15 is 0 Å². The van der Waals surface area contributed by atoms with Gasteiger partial charge in [-0.2, -0.15) is 0 Å². The summed E-state index contributed by atoms with van der Waals surface area (Å²) in [4.78, 5) is 25.6. The van der Waals surface area contributed by atoms with Gasteiger partial charge in [-0.3, -0.25) is 4.79 Å². The molecule has 1 amide bonds. The maximum atomic E-state index is 11.9. The molecule has 0 bridgehead atoms. The van der Waals surface area contributed by atoms with Crippen LogP contribution in [0.5, 0.6) is 0 Å². The molecule has 112 valence electrons. The van der Waals surface area contributed by atoms with E-state index in [0.717, 1.165) is 22.2 Å². The van der Waals surface area contributed by atoms with Crippen LogP contribution in [0.1, 0.15) is 17.7 Å². The van der Waals surface area contributed by atoms with Gasteiger partial charge < -0.3 is 20.5 Å². The lowest BCUT2D eigenvalue weighted by atomic mass is 10.1. The van der Waals surface area contributed by atoms with E-state index in [9.17, 15) is 9.59 Å². The average Bonchev–Trinajstić information content (AvgIpc) is 2.75. The molecule has 1 heterocycles. The SMILES string of the molecule is Cc1[nH]c2ccccc2c1CC(=O)NCCC(O)C(=O)O. The van der Waals surface area contributed by atoms with Gasteiger partial charge in [0.15, 0.2) is 6.10 Å². The van der Waals surface area contributed by atoms with Gasteiger partial charge in [-0.05, 0) is 18.6 Å². The first-order chi connectivity index (χ1) is 9.99. The van der Waals surface area contributed by atoms with Crippen molar-refractivity contribution in [2.45, 2.75) is 25.9 Å². The summed E-state index contributed by atoms with van der Waals surface area (Å²) in [7, 11) is 0. The summed E-state index contributed by atoms with van der Waals surface area (Å²) < 4.78 is 0. The van der Waals surface area contributed by atoms with Crippen molar-refractivity contribution in [3.8, 4) is 0 Å². The number of carboxylic acids is 1. The first kappa shape index (κ1) is 15.1. The van der Waals surface area contributed by atoms with Crippen LogP contribution in [0.15, 0.2) is 24.3 Å². The average molecular weight is 290 g/mol. The van der Waals surface area contributed by atoms with Crippen molar-refractivity contribution in [1.29, 1.82) is 0 Å². The third kappa shape index (κ3) is 3.61. The van der Waals surface area contributed by atoms with Crippen molar-refractivity contribution < 1.29 is 19.8 Å². The number of rotatable bonds is 6. The van der Waals surface area contributed by atoms with Crippen LogP contribution >= 0.6 is 0 Å². The quantitative estimate of drug-likeness (QED) is 0.636. The standard InChI is InChI=1S/C15H18N2O4/c1-9-11(10-4-2-3-5-12(10)17-9)8-14(19)16-7-6-13(18)15(20)21/h2-5,13,17-18H,6-8H2,1H3,(H,16,19)(H,20,21). The largest absolute Gasteiger partial charge is 0.479 e. The first-order valence-corrected chi connectivity index (χ1v) is 6.72. The summed E-state index contributed by atoms with van der Waals surface area (Å²) in [6.07, 6.45) is -1.23. The summed E-state index contributed by atoms with van der Waals surface area (Å²) >= 11 is 0. The molecule has 1 unspecified atom stereocenters. The van der Waals surface area contributed by atoms with Crippen molar-refractivity contribution in [3.63, 3.8) is 0 Å². The van der Waals surface area contributed by atoms with Gasteiger partial charge in [-0.25, -0.2) is 4.79 Å². The normalized spacial score (nSPS) is 12.3. The Morgan fingerprint density at radius 1 is 1.33 bits per heavy atom. The van der Waals surface area contributed by atoms with Gasteiger partial charge in [0.05, 0.1) is 6.42 Å². The molecule has 2 rings (SSSR count). The fraction of sp³-hybridized carbons (Fsp3) is 0.333. The van der Waals surface area contributed by atoms with Crippen LogP contribution in [0.25, 0.3) is 10.9 Å². The van der Waals surface area contributed by atoms with E-state index in [1.807, 2.05) is 31.2 Å². The predicted molar refractivity (Wildman–Crippen MR) is 78.0 cm³/mol. The number of hydrogen-bond acceptors (Lipinski definition) is 3. The number of carbonyl (C=O) groups excluding carboxylic acids is 1. The number of carbonyl (C=O) groups is 2.